The van der Waals surface area contributed by atoms with Gasteiger partial charge in [-0.05, 0) is 32.2 Å². The zero-order valence-corrected chi connectivity index (χ0v) is 11.8. The molecule has 0 aromatic rings. The minimum Gasteiger partial charge on any atom is -0.355 e. The standard InChI is InChI=1S/C15H28N2O/c1-16-11-15(9-4-10-15)12-17-14(18)8-7-13-5-2-3-6-13/h13,16H,2-12H2,1H3,(H,17,18). The van der Waals surface area contributed by atoms with E-state index >= 15 is 0 Å². The summed E-state index contributed by atoms with van der Waals surface area (Å²) in [5.41, 5.74) is 0.359. The van der Waals surface area contributed by atoms with Crippen LogP contribution in [0.1, 0.15) is 57.8 Å². The molecule has 104 valence electrons. The Labute approximate surface area is 111 Å². The highest BCUT2D eigenvalue weighted by Crippen LogP contribution is 2.39. The summed E-state index contributed by atoms with van der Waals surface area (Å²) in [4.78, 5) is 11.9. The molecule has 2 saturated carbocycles. The highest BCUT2D eigenvalue weighted by molar-refractivity contribution is 5.75. The van der Waals surface area contributed by atoms with Crippen LogP contribution in [0.5, 0.6) is 0 Å². The summed E-state index contributed by atoms with van der Waals surface area (Å²) >= 11 is 0. The lowest BCUT2D eigenvalue weighted by Crippen LogP contribution is -2.47. The molecule has 2 N–H and O–H groups in total. The van der Waals surface area contributed by atoms with E-state index in [0.717, 1.165) is 31.8 Å². The minimum atomic E-state index is 0.268. The van der Waals surface area contributed by atoms with Gasteiger partial charge in [0.1, 0.15) is 0 Å². The second-order valence-electron chi connectivity index (χ2n) is 6.35. The summed E-state index contributed by atoms with van der Waals surface area (Å²) in [6.45, 7) is 1.91. The molecule has 18 heavy (non-hydrogen) atoms. The summed E-state index contributed by atoms with van der Waals surface area (Å²) in [7, 11) is 2.00. The van der Waals surface area contributed by atoms with Crippen LogP contribution >= 0.6 is 0 Å². The van der Waals surface area contributed by atoms with Gasteiger partial charge in [-0.2, -0.15) is 0 Å². The van der Waals surface area contributed by atoms with Gasteiger partial charge in [-0.1, -0.05) is 32.1 Å². The highest BCUT2D eigenvalue weighted by Gasteiger charge is 2.36. The van der Waals surface area contributed by atoms with Crippen LogP contribution in [0.4, 0.5) is 0 Å². The Hall–Kier alpha value is -0.570. The lowest BCUT2D eigenvalue weighted by atomic mass is 9.68. The molecular formula is C15H28N2O. The second-order valence-corrected chi connectivity index (χ2v) is 6.35. The molecule has 0 radical (unpaired) electrons. The quantitative estimate of drug-likeness (QED) is 0.731. The van der Waals surface area contributed by atoms with Gasteiger partial charge < -0.3 is 10.6 Å². The van der Waals surface area contributed by atoms with Gasteiger partial charge in [0, 0.05) is 24.9 Å². The highest BCUT2D eigenvalue weighted by atomic mass is 16.1. The second kappa shape index (κ2) is 6.55. The molecule has 0 heterocycles. The lowest BCUT2D eigenvalue weighted by molar-refractivity contribution is -0.122. The molecule has 2 aliphatic rings. The zero-order chi connectivity index (χ0) is 12.8. The van der Waals surface area contributed by atoms with Gasteiger partial charge in [0.2, 0.25) is 5.91 Å². The Morgan fingerprint density at radius 1 is 1.17 bits per heavy atom. The third-order valence-corrected chi connectivity index (χ3v) is 4.88. The van der Waals surface area contributed by atoms with Gasteiger partial charge in [0.15, 0.2) is 0 Å². The molecule has 3 heteroatoms. The van der Waals surface area contributed by atoms with Crippen LogP contribution in [0.15, 0.2) is 0 Å². The van der Waals surface area contributed by atoms with Crippen LogP contribution in [0.3, 0.4) is 0 Å². The molecule has 0 aliphatic heterocycles. The zero-order valence-electron chi connectivity index (χ0n) is 11.8. The first-order chi connectivity index (χ1) is 8.74. The Balaban J connectivity index is 1.61. The van der Waals surface area contributed by atoms with Crippen LogP contribution in [0, 0.1) is 11.3 Å². The van der Waals surface area contributed by atoms with Crippen molar-refractivity contribution in [1.82, 2.24) is 10.6 Å². The molecule has 0 bridgehead atoms. The fourth-order valence-corrected chi connectivity index (χ4v) is 3.48. The summed E-state index contributed by atoms with van der Waals surface area (Å²) in [5, 5.41) is 6.41. The summed E-state index contributed by atoms with van der Waals surface area (Å²) in [6.07, 6.45) is 11.1. The number of hydrogen-bond acceptors (Lipinski definition) is 2. The SMILES string of the molecule is CNCC1(CNC(=O)CCC2CCCC2)CCC1. The van der Waals surface area contributed by atoms with Gasteiger partial charge in [-0.25, -0.2) is 0 Å². The Kier molecular flexibility index (Phi) is 5.04. The van der Waals surface area contributed by atoms with E-state index in [-0.39, 0.29) is 5.91 Å². The van der Waals surface area contributed by atoms with Crippen molar-refractivity contribution in [3.8, 4) is 0 Å². The average Bonchev–Trinajstić information content (AvgIpc) is 2.82. The predicted molar refractivity (Wildman–Crippen MR) is 74.4 cm³/mol. The maximum atomic E-state index is 11.9. The molecule has 1 amide bonds. The summed E-state index contributed by atoms with van der Waals surface area (Å²) in [6, 6.07) is 0. The molecular weight excluding hydrogens is 224 g/mol. The summed E-state index contributed by atoms with van der Waals surface area (Å²) in [5.74, 6) is 1.09. The molecule has 0 spiro atoms. The Bertz CT molecular complexity index is 268. The Morgan fingerprint density at radius 3 is 2.44 bits per heavy atom. The van der Waals surface area contributed by atoms with E-state index in [4.69, 9.17) is 0 Å². The molecule has 0 saturated heterocycles. The topological polar surface area (TPSA) is 41.1 Å². The van der Waals surface area contributed by atoms with Crippen molar-refractivity contribution in [3.05, 3.63) is 0 Å². The van der Waals surface area contributed by atoms with E-state index in [9.17, 15) is 4.79 Å². The summed E-state index contributed by atoms with van der Waals surface area (Å²) < 4.78 is 0. The third-order valence-electron chi connectivity index (χ3n) is 4.88. The van der Waals surface area contributed by atoms with Gasteiger partial charge >= 0.3 is 0 Å². The average molecular weight is 252 g/mol. The van der Waals surface area contributed by atoms with Crippen molar-refractivity contribution in [1.29, 1.82) is 0 Å². The number of nitrogens with one attached hydrogen (secondary N) is 2. The van der Waals surface area contributed by atoms with E-state index in [1.807, 2.05) is 7.05 Å². The normalized spacial score (nSPS) is 22.7. The van der Waals surface area contributed by atoms with Crippen molar-refractivity contribution in [2.45, 2.75) is 57.8 Å². The maximum absolute atomic E-state index is 11.9. The molecule has 0 unspecified atom stereocenters. The lowest BCUT2D eigenvalue weighted by Gasteiger charge is -2.42. The van der Waals surface area contributed by atoms with E-state index in [1.54, 1.807) is 0 Å². The van der Waals surface area contributed by atoms with Gasteiger partial charge in [-0.3, -0.25) is 4.79 Å². The van der Waals surface area contributed by atoms with Crippen molar-refractivity contribution in [3.63, 3.8) is 0 Å². The van der Waals surface area contributed by atoms with Crippen LogP contribution in [0.25, 0.3) is 0 Å². The van der Waals surface area contributed by atoms with E-state index < -0.39 is 0 Å². The predicted octanol–water partition coefficient (Wildman–Crippen LogP) is 2.46. The molecule has 3 nitrogen and oxygen atoms in total. The third kappa shape index (κ3) is 3.71. The first-order valence-electron chi connectivity index (χ1n) is 7.65. The van der Waals surface area contributed by atoms with Crippen molar-refractivity contribution in [2.75, 3.05) is 20.1 Å². The number of rotatable bonds is 7. The number of carbonyl (C=O) groups excluding carboxylic acids is 1. The minimum absolute atomic E-state index is 0.268. The molecule has 0 aromatic carbocycles. The largest absolute Gasteiger partial charge is 0.355 e. The molecule has 2 rings (SSSR count). The number of carbonyl (C=O) groups is 1. The smallest absolute Gasteiger partial charge is 0.220 e. The fourth-order valence-electron chi connectivity index (χ4n) is 3.48. The number of amides is 1. The van der Waals surface area contributed by atoms with Crippen LogP contribution in [-0.4, -0.2) is 26.0 Å². The Morgan fingerprint density at radius 2 is 1.89 bits per heavy atom. The molecule has 0 aromatic heterocycles. The van der Waals surface area contributed by atoms with E-state index in [2.05, 4.69) is 10.6 Å². The van der Waals surface area contributed by atoms with Crippen LogP contribution < -0.4 is 10.6 Å². The molecule has 2 fully saturated rings. The van der Waals surface area contributed by atoms with Crippen molar-refractivity contribution in [2.24, 2.45) is 11.3 Å². The first-order valence-corrected chi connectivity index (χ1v) is 7.65. The maximum Gasteiger partial charge on any atom is 0.220 e. The first kappa shape index (κ1) is 13.9. The van der Waals surface area contributed by atoms with Gasteiger partial charge in [0.05, 0.1) is 0 Å². The molecule has 2 aliphatic carbocycles. The van der Waals surface area contributed by atoms with Crippen molar-refractivity contribution >= 4 is 5.91 Å². The van der Waals surface area contributed by atoms with Crippen LogP contribution in [0.2, 0.25) is 0 Å². The fraction of sp³-hybridized carbons (Fsp3) is 0.933. The van der Waals surface area contributed by atoms with E-state index in [1.165, 1.54) is 44.9 Å². The van der Waals surface area contributed by atoms with Crippen LogP contribution in [-0.2, 0) is 4.79 Å². The van der Waals surface area contributed by atoms with E-state index in [0.29, 0.717) is 5.41 Å². The number of hydrogen-bond donors (Lipinski definition) is 2. The monoisotopic (exact) mass is 252 g/mol. The molecule has 0 atom stereocenters. The van der Waals surface area contributed by atoms with Gasteiger partial charge in [0.25, 0.3) is 0 Å². The van der Waals surface area contributed by atoms with Gasteiger partial charge in [-0.15, -0.1) is 0 Å². The van der Waals surface area contributed by atoms with Crippen molar-refractivity contribution < 1.29 is 4.79 Å².